The summed E-state index contributed by atoms with van der Waals surface area (Å²) in [7, 11) is -2.05. The van der Waals surface area contributed by atoms with Crippen molar-refractivity contribution in [1.29, 1.82) is 5.26 Å². The van der Waals surface area contributed by atoms with Crippen LogP contribution in [-0.4, -0.2) is 31.1 Å². The van der Waals surface area contributed by atoms with Crippen LogP contribution < -0.4 is 9.46 Å². The van der Waals surface area contributed by atoms with Gasteiger partial charge in [-0.25, -0.2) is 22.5 Å². The van der Waals surface area contributed by atoms with Crippen molar-refractivity contribution < 1.29 is 17.5 Å². The van der Waals surface area contributed by atoms with E-state index in [2.05, 4.69) is 15.8 Å². The number of aromatic nitrogens is 2. The van der Waals surface area contributed by atoms with Gasteiger partial charge in [0.2, 0.25) is 0 Å². The van der Waals surface area contributed by atoms with E-state index in [1.807, 2.05) is 30.3 Å². The lowest BCUT2D eigenvalue weighted by Crippen LogP contribution is -2.28. The molecule has 0 aliphatic heterocycles. The van der Waals surface area contributed by atoms with Crippen molar-refractivity contribution in [3.05, 3.63) is 78.0 Å². The number of nitrogens with zero attached hydrogens (tertiary/aromatic N) is 3. The van der Waals surface area contributed by atoms with E-state index < -0.39 is 21.8 Å². The summed E-state index contributed by atoms with van der Waals surface area (Å²) in [5.74, 6) is -0.795. The summed E-state index contributed by atoms with van der Waals surface area (Å²) in [6.45, 7) is 0.0460. The van der Waals surface area contributed by atoms with E-state index in [0.29, 0.717) is 12.2 Å². The van der Waals surface area contributed by atoms with Crippen LogP contribution in [0.15, 0.2) is 66.1 Å². The van der Waals surface area contributed by atoms with E-state index in [-0.39, 0.29) is 23.7 Å². The van der Waals surface area contributed by atoms with Crippen LogP contribution in [0.5, 0.6) is 5.75 Å². The van der Waals surface area contributed by atoms with Crippen LogP contribution in [0, 0.1) is 17.1 Å². The van der Waals surface area contributed by atoms with Gasteiger partial charge in [-0.2, -0.15) is 5.26 Å². The Hall–Kier alpha value is -3.22. The molecule has 0 saturated heterocycles. The third kappa shape index (κ3) is 5.43. The predicted octanol–water partition coefficient (Wildman–Crippen LogP) is 2.77. The van der Waals surface area contributed by atoms with Crippen molar-refractivity contribution in [2.45, 2.75) is 17.4 Å². The van der Waals surface area contributed by atoms with Gasteiger partial charge in [0.15, 0.2) is 5.03 Å². The Balaban J connectivity index is 1.61. The van der Waals surface area contributed by atoms with Crippen LogP contribution in [-0.2, 0) is 23.5 Å². The standard InChI is InChI=1S/C21H21FN4O3S/c1-26-14-21(24-15-26)30(27,28)25-9-10-29-18-7-8-20(22)19(12-18)17(13-23)11-16-5-3-2-4-6-16/h2-8,12,14-15,17,25H,9-11H2,1H3. The number of rotatable bonds is 9. The van der Waals surface area contributed by atoms with Crippen LogP contribution in [0.4, 0.5) is 4.39 Å². The average Bonchev–Trinajstić information content (AvgIpc) is 3.19. The predicted molar refractivity (Wildman–Crippen MR) is 109 cm³/mol. The molecule has 0 radical (unpaired) electrons. The zero-order valence-electron chi connectivity index (χ0n) is 16.3. The SMILES string of the molecule is Cn1cnc(S(=O)(=O)NCCOc2ccc(F)c(C(C#N)Cc3ccccc3)c2)c1. The van der Waals surface area contributed by atoms with Crippen LogP contribution in [0.25, 0.3) is 0 Å². The minimum Gasteiger partial charge on any atom is -0.492 e. The van der Waals surface area contributed by atoms with Crippen molar-refractivity contribution in [3.63, 3.8) is 0 Å². The van der Waals surface area contributed by atoms with Crippen molar-refractivity contribution in [2.24, 2.45) is 7.05 Å². The van der Waals surface area contributed by atoms with Gasteiger partial charge < -0.3 is 9.30 Å². The highest BCUT2D eigenvalue weighted by Crippen LogP contribution is 2.27. The van der Waals surface area contributed by atoms with E-state index in [1.165, 1.54) is 35.3 Å². The normalized spacial score (nSPS) is 12.3. The van der Waals surface area contributed by atoms with Crippen molar-refractivity contribution in [2.75, 3.05) is 13.2 Å². The van der Waals surface area contributed by atoms with E-state index >= 15 is 0 Å². The molecule has 0 aliphatic rings. The molecule has 156 valence electrons. The molecule has 0 amide bonds. The van der Waals surface area contributed by atoms with E-state index in [9.17, 15) is 18.1 Å². The molecule has 0 saturated carbocycles. The first-order valence-electron chi connectivity index (χ1n) is 9.22. The number of nitriles is 1. The molecule has 7 nitrogen and oxygen atoms in total. The number of benzene rings is 2. The molecular formula is C21H21FN4O3S. The largest absolute Gasteiger partial charge is 0.492 e. The van der Waals surface area contributed by atoms with E-state index in [4.69, 9.17) is 4.74 Å². The summed E-state index contributed by atoms with van der Waals surface area (Å²) in [5, 5.41) is 9.45. The fourth-order valence-electron chi connectivity index (χ4n) is 2.90. The summed E-state index contributed by atoms with van der Waals surface area (Å²) >= 11 is 0. The second-order valence-electron chi connectivity index (χ2n) is 6.68. The number of imidazole rings is 1. The molecule has 1 unspecified atom stereocenters. The van der Waals surface area contributed by atoms with Gasteiger partial charge in [-0.15, -0.1) is 0 Å². The first kappa shape index (κ1) is 21.5. The molecule has 0 bridgehead atoms. The van der Waals surface area contributed by atoms with Crippen molar-refractivity contribution >= 4 is 10.0 Å². The molecule has 3 aromatic rings. The first-order valence-corrected chi connectivity index (χ1v) is 10.7. The number of aryl methyl sites for hydroxylation is 1. The minimum atomic E-state index is -3.73. The average molecular weight is 428 g/mol. The number of hydrogen-bond acceptors (Lipinski definition) is 5. The maximum Gasteiger partial charge on any atom is 0.259 e. The molecule has 1 N–H and O–H groups in total. The van der Waals surface area contributed by atoms with Gasteiger partial charge in [0.25, 0.3) is 10.0 Å². The Kier molecular flexibility index (Phi) is 6.82. The fraction of sp³-hybridized carbons (Fsp3) is 0.238. The number of sulfonamides is 1. The molecule has 9 heteroatoms. The zero-order valence-corrected chi connectivity index (χ0v) is 17.1. The monoisotopic (exact) mass is 428 g/mol. The number of ether oxygens (including phenoxy) is 1. The zero-order chi connectivity index (χ0) is 21.6. The summed E-state index contributed by atoms with van der Waals surface area (Å²) in [6.07, 6.45) is 3.16. The molecule has 0 aliphatic carbocycles. The lowest BCUT2D eigenvalue weighted by atomic mass is 9.92. The van der Waals surface area contributed by atoms with Crippen molar-refractivity contribution in [3.8, 4) is 11.8 Å². The third-order valence-corrected chi connectivity index (χ3v) is 5.75. The highest BCUT2D eigenvalue weighted by molar-refractivity contribution is 7.89. The molecule has 30 heavy (non-hydrogen) atoms. The summed E-state index contributed by atoms with van der Waals surface area (Å²) < 4.78 is 48.1. The highest BCUT2D eigenvalue weighted by atomic mass is 32.2. The van der Waals surface area contributed by atoms with Crippen LogP contribution >= 0.6 is 0 Å². The maximum absolute atomic E-state index is 14.3. The van der Waals surface area contributed by atoms with Gasteiger partial charge in [0, 0.05) is 25.4 Å². The van der Waals surface area contributed by atoms with Gasteiger partial charge in [0.1, 0.15) is 18.2 Å². The van der Waals surface area contributed by atoms with Gasteiger partial charge in [-0.3, -0.25) is 0 Å². The van der Waals surface area contributed by atoms with Crippen molar-refractivity contribution in [1.82, 2.24) is 14.3 Å². The van der Waals surface area contributed by atoms with Crippen LogP contribution in [0.1, 0.15) is 17.0 Å². The lowest BCUT2D eigenvalue weighted by Gasteiger charge is -2.13. The van der Waals surface area contributed by atoms with Crippen LogP contribution in [0.2, 0.25) is 0 Å². The Morgan fingerprint density at radius 1 is 1.27 bits per heavy atom. The highest BCUT2D eigenvalue weighted by Gasteiger charge is 2.18. The molecule has 1 heterocycles. The Bertz CT molecular complexity index is 1140. The molecule has 3 rings (SSSR count). The third-order valence-electron chi connectivity index (χ3n) is 4.40. The second-order valence-corrected chi connectivity index (χ2v) is 8.39. The Labute approximate surface area is 174 Å². The van der Waals surface area contributed by atoms with Gasteiger partial charge in [-0.05, 0) is 30.2 Å². The first-order chi connectivity index (χ1) is 14.4. The van der Waals surface area contributed by atoms with E-state index in [0.717, 1.165) is 5.56 Å². The van der Waals surface area contributed by atoms with E-state index in [1.54, 1.807) is 7.05 Å². The number of nitrogens with one attached hydrogen (secondary N) is 1. The Morgan fingerprint density at radius 2 is 2.03 bits per heavy atom. The fourth-order valence-corrected chi connectivity index (χ4v) is 3.89. The van der Waals surface area contributed by atoms with Gasteiger partial charge in [0.05, 0.1) is 18.3 Å². The molecular weight excluding hydrogens is 407 g/mol. The Morgan fingerprint density at radius 3 is 2.70 bits per heavy atom. The number of hydrogen-bond donors (Lipinski definition) is 1. The molecule has 0 spiro atoms. The summed E-state index contributed by atoms with van der Waals surface area (Å²) in [6, 6.07) is 15.7. The minimum absolute atomic E-state index is 0.0112. The smallest absolute Gasteiger partial charge is 0.259 e. The summed E-state index contributed by atoms with van der Waals surface area (Å²) in [4.78, 5) is 3.81. The molecule has 2 aromatic carbocycles. The van der Waals surface area contributed by atoms with Gasteiger partial charge >= 0.3 is 0 Å². The quantitative estimate of drug-likeness (QED) is 0.529. The lowest BCUT2D eigenvalue weighted by molar-refractivity contribution is 0.321. The molecule has 0 fully saturated rings. The maximum atomic E-state index is 14.3. The molecule has 1 atom stereocenters. The number of halogens is 1. The summed E-state index contributed by atoms with van der Waals surface area (Å²) in [5.41, 5.74) is 1.17. The second kappa shape index (κ2) is 9.52. The molecule has 1 aromatic heterocycles. The van der Waals surface area contributed by atoms with Gasteiger partial charge in [-0.1, -0.05) is 30.3 Å². The topological polar surface area (TPSA) is 97.0 Å². The van der Waals surface area contributed by atoms with Crippen LogP contribution in [0.3, 0.4) is 0 Å².